The third kappa shape index (κ3) is 5.01. The Kier molecular flexibility index (Phi) is 6.87. The van der Waals surface area contributed by atoms with E-state index >= 15 is 0 Å². The summed E-state index contributed by atoms with van der Waals surface area (Å²) < 4.78 is 10.9. The largest absolute Gasteiger partial charge is 0.497 e. The highest BCUT2D eigenvalue weighted by molar-refractivity contribution is 8.00. The Labute approximate surface area is 169 Å². The summed E-state index contributed by atoms with van der Waals surface area (Å²) in [5.41, 5.74) is 1.88. The van der Waals surface area contributed by atoms with Gasteiger partial charge in [-0.3, -0.25) is 4.79 Å². The minimum absolute atomic E-state index is 0.0487. The zero-order valence-electron chi connectivity index (χ0n) is 16.3. The first kappa shape index (κ1) is 20.1. The molecule has 0 spiro atoms. The molecule has 1 aromatic heterocycles. The van der Waals surface area contributed by atoms with Crippen LogP contribution in [0.3, 0.4) is 0 Å². The van der Waals surface area contributed by atoms with Gasteiger partial charge in [-0.25, -0.2) is 0 Å². The second-order valence-electron chi connectivity index (χ2n) is 6.59. The molecule has 0 N–H and O–H groups in total. The van der Waals surface area contributed by atoms with Crippen LogP contribution in [0.1, 0.15) is 48.0 Å². The Hall–Kier alpha value is -2.60. The number of hydrogen-bond acceptors (Lipinski definition) is 6. The van der Waals surface area contributed by atoms with Crippen molar-refractivity contribution in [2.45, 2.75) is 43.1 Å². The lowest BCUT2D eigenvalue weighted by molar-refractivity contribution is 0.0987. The van der Waals surface area contributed by atoms with Crippen molar-refractivity contribution in [1.29, 1.82) is 0 Å². The van der Waals surface area contributed by atoms with Crippen molar-refractivity contribution in [2.24, 2.45) is 0 Å². The minimum Gasteiger partial charge on any atom is -0.497 e. The number of Topliss-reactive ketones (excluding diaryl/α,β-unsaturated/α-hetero) is 1. The zero-order chi connectivity index (χ0) is 19.9. The molecule has 2 atom stereocenters. The van der Waals surface area contributed by atoms with Crippen LogP contribution in [0.15, 0.2) is 64.2 Å². The molecule has 0 aliphatic heterocycles. The molecule has 0 amide bonds. The van der Waals surface area contributed by atoms with Gasteiger partial charge < -0.3 is 9.15 Å². The first-order valence-electron chi connectivity index (χ1n) is 9.33. The van der Waals surface area contributed by atoms with E-state index in [1.807, 2.05) is 25.1 Å². The maximum absolute atomic E-state index is 12.8. The van der Waals surface area contributed by atoms with E-state index in [-0.39, 0.29) is 17.0 Å². The molecule has 0 fully saturated rings. The van der Waals surface area contributed by atoms with Crippen LogP contribution in [0.2, 0.25) is 0 Å². The average molecular weight is 397 g/mol. The van der Waals surface area contributed by atoms with Crippen LogP contribution in [0.5, 0.6) is 5.75 Å². The van der Waals surface area contributed by atoms with E-state index in [4.69, 9.17) is 9.15 Å². The molecule has 2 aromatic carbocycles. The molecule has 3 rings (SSSR count). The molecule has 0 aliphatic carbocycles. The zero-order valence-corrected chi connectivity index (χ0v) is 17.1. The Bertz CT molecular complexity index is 894. The molecule has 0 bridgehead atoms. The standard InChI is InChI=1S/C22H24N2O3S/c1-4-19(21(25)17-10-12-18(26-3)13-11-17)28-22-24-23-20(27-22)14-15(2)16-8-6-5-7-9-16/h5-13,15,19H,4,14H2,1-3H3. The number of hydrogen-bond donors (Lipinski definition) is 0. The number of rotatable bonds is 9. The third-order valence-corrected chi connectivity index (χ3v) is 5.78. The summed E-state index contributed by atoms with van der Waals surface area (Å²) >= 11 is 1.32. The van der Waals surface area contributed by atoms with E-state index in [1.165, 1.54) is 17.3 Å². The second kappa shape index (κ2) is 9.55. The Morgan fingerprint density at radius 3 is 2.46 bits per heavy atom. The molecule has 0 saturated heterocycles. The first-order valence-corrected chi connectivity index (χ1v) is 10.2. The maximum atomic E-state index is 12.8. The summed E-state index contributed by atoms with van der Waals surface area (Å²) in [4.78, 5) is 12.8. The van der Waals surface area contributed by atoms with Gasteiger partial charge in [0.25, 0.3) is 5.22 Å². The quantitative estimate of drug-likeness (QED) is 0.367. The summed E-state index contributed by atoms with van der Waals surface area (Å²) in [5.74, 6) is 1.65. The van der Waals surface area contributed by atoms with Gasteiger partial charge in [0.1, 0.15) is 5.75 Å². The van der Waals surface area contributed by atoms with Crippen LogP contribution in [0, 0.1) is 0 Å². The number of ketones is 1. The normalized spacial score (nSPS) is 13.1. The van der Waals surface area contributed by atoms with E-state index < -0.39 is 0 Å². The van der Waals surface area contributed by atoms with E-state index in [0.29, 0.717) is 29.5 Å². The first-order chi connectivity index (χ1) is 13.6. The number of aromatic nitrogens is 2. The average Bonchev–Trinajstić information content (AvgIpc) is 3.19. The van der Waals surface area contributed by atoms with Crippen LogP contribution in [-0.2, 0) is 6.42 Å². The van der Waals surface area contributed by atoms with Gasteiger partial charge in [0, 0.05) is 12.0 Å². The fourth-order valence-electron chi connectivity index (χ4n) is 2.91. The van der Waals surface area contributed by atoms with Crippen LogP contribution in [0.4, 0.5) is 0 Å². The predicted molar refractivity (Wildman–Crippen MR) is 110 cm³/mol. The van der Waals surface area contributed by atoms with Gasteiger partial charge in [-0.15, -0.1) is 10.2 Å². The van der Waals surface area contributed by atoms with Crippen molar-refractivity contribution in [3.8, 4) is 5.75 Å². The van der Waals surface area contributed by atoms with Gasteiger partial charge in [-0.05, 0) is 42.2 Å². The highest BCUT2D eigenvalue weighted by Crippen LogP contribution is 2.29. The van der Waals surface area contributed by atoms with Crippen molar-refractivity contribution in [3.63, 3.8) is 0 Å². The number of benzene rings is 2. The lowest BCUT2D eigenvalue weighted by atomic mass is 9.98. The van der Waals surface area contributed by atoms with Crippen molar-refractivity contribution in [1.82, 2.24) is 10.2 Å². The molecule has 5 nitrogen and oxygen atoms in total. The number of thioether (sulfide) groups is 1. The van der Waals surface area contributed by atoms with Crippen LogP contribution < -0.4 is 4.74 Å². The SMILES string of the molecule is CCC(Sc1nnc(CC(C)c2ccccc2)o1)C(=O)c1ccc(OC)cc1. The third-order valence-electron chi connectivity index (χ3n) is 4.58. The number of methoxy groups -OCH3 is 1. The molecular weight excluding hydrogens is 372 g/mol. The smallest absolute Gasteiger partial charge is 0.277 e. The van der Waals surface area contributed by atoms with Crippen molar-refractivity contribution in [3.05, 3.63) is 71.6 Å². The van der Waals surface area contributed by atoms with E-state index in [0.717, 1.165) is 5.75 Å². The van der Waals surface area contributed by atoms with Gasteiger partial charge in [-0.1, -0.05) is 55.9 Å². The molecular formula is C22H24N2O3S. The Balaban J connectivity index is 1.64. The van der Waals surface area contributed by atoms with Crippen molar-refractivity contribution >= 4 is 17.5 Å². The number of carbonyl (C=O) groups excluding carboxylic acids is 1. The summed E-state index contributed by atoms with van der Waals surface area (Å²) in [6, 6.07) is 17.4. The summed E-state index contributed by atoms with van der Waals surface area (Å²) in [6.45, 7) is 4.11. The Morgan fingerprint density at radius 1 is 1.11 bits per heavy atom. The minimum atomic E-state index is -0.270. The molecule has 0 saturated carbocycles. The van der Waals surface area contributed by atoms with Gasteiger partial charge in [-0.2, -0.15) is 0 Å². The van der Waals surface area contributed by atoms with Gasteiger partial charge in [0.2, 0.25) is 5.89 Å². The molecule has 28 heavy (non-hydrogen) atoms. The van der Waals surface area contributed by atoms with Crippen LogP contribution >= 0.6 is 11.8 Å². The monoisotopic (exact) mass is 396 g/mol. The van der Waals surface area contributed by atoms with E-state index in [1.54, 1.807) is 31.4 Å². The molecule has 146 valence electrons. The maximum Gasteiger partial charge on any atom is 0.277 e. The predicted octanol–water partition coefficient (Wildman–Crippen LogP) is 5.18. The topological polar surface area (TPSA) is 65.2 Å². The van der Waals surface area contributed by atoms with Crippen LogP contribution in [-0.4, -0.2) is 28.3 Å². The molecule has 3 aromatic rings. The van der Waals surface area contributed by atoms with Gasteiger partial charge >= 0.3 is 0 Å². The number of nitrogens with zero attached hydrogens (tertiary/aromatic N) is 2. The molecule has 1 heterocycles. The fraction of sp³-hybridized carbons (Fsp3) is 0.318. The molecule has 0 radical (unpaired) electrons. The summed E-state index contributed by atoms with van der Waals surface area (Å²) in [7, 11) is 1.60. The number of carbonyl (C=O) groups is 1. The Morgan fingerprint density at radius 2 is 1.82 bits per heavy atom. The summed E-state index contributed by atoms with van der Waals surface area (Å²) in [6.07, 6.45) is 1.34. The van der Waals surface area contributed by atoms with Crippen molar-refractivity contribution < 1.29 is 13.9 Å². The van der Waals surface area contributed by atoms with E-state index in [9.17, 15) is 4.79 Å². The molecule has 6 heteroatoms. The van der Waals surface area contributed by atoms with E-state index in [2.05, 4.69) is 29.3 Å². The summed E-state index contributed by atoms with van der Waals surface area (Å²) in [5, 5.41) is 8.45. The fourth-order valence-corrected chi connectivity index (χ4v) is 3.80. The lowest BCUT2D eigenvalue weighted by Crippen LogP contribution is -2.16. The van der Waals surface area contributed by atoms with Gasteiger partial charge in [0.15, 0.2) is 5.78 Å². The highest BCUT2D eigenvalue weighted by atomic mass is 32.2. The molecule has 0 aliphatic rings. The van der Waals surface area contributed by atoms with Gasteiger partial charge in [0.05, 0.1) is 12.4 Å². The molecule has 2 unspecified atom stereocenters. The van der Waals surface area contributed by atoms with Crippen molar-refractivity contribution in [2.75, 3.05) is 7.11 Å². The lowest BCUT2D eigenvalue weighted by Gasteiger charge is -2.11. The highest BCUT2D eigenvalue weighted by Gasteiger charge is 2.23. The second-order valence-corrected chi connectivity index (χ2v) is 7.74. The number of ether oxygens (including phenoxy) is 1. The van der Waals surface area contributed by atoms with Crippen LogP contribution in [0.25, 0.3) is 0 Å².